The molecule has 0 fully saturated rings. The van der Waals surface area contributed by atoms with Crippen molar-refractivity contribution in [1.29, 1.82) is 5.26 Å². The zero-order valence-corrected chi connectivity index (χ0v) is 16.4. The molecular formula is C21H23F3N2O2. The van der Waals surface area contributed by atoms with Gasteiger partial charge in [0.05, 0.1) is 16.7 Å². The highest BCUT2D eigenvalue weighted by Gasteiger charge is 2.42. The quantitative estimate of drug-likeness (QED) is 0.751. The number of hydrogen-bond donors (Lipinski definition) is 0. The third kappa shape index (κ3) is 4.44. The standard InChI is InChI=1S/C21H23F3N2O2/c1-19(2)13-20(3,11-14(12-25)17(19)27)9-10-26(4)18(28)15-7-5-6-8-16(15)21(22,23)24/h5-8,11H,9-10,13H2,1-4H3/t20-/m1/s1. The number of allylic oxidation sites excluding steroid dienone is 2. The third-order valence-corrected chi connectivity index (χ3v) is 5.15. The number of halogens is 3. The first-order chi connectivity index (χ1) is 12.8. The number of Topliss-reactive ketones (excluding diaryl/α,β-unsaturated/α-hetero) is 1. The van der Waals surface area contributed by atoms with Gasteiger partial charge in [-0.2, -0.15) is 18.4 Å². The molecule has 1 aliphatic rings. The van der Waals surface area contributed by atoms with E-state index in [-0.39, 0.29) is 17.9 Å². The van der Waals surface area contributed by atoms with E-state index in [1.54, 1.807) is 19.9 Å². The summed E-state index contributed by atoms with van der Waals surface area (Å²) in [4.78, 5) is 26.1. The average Bonchev–Trinajstić information content (AvgIpc) is 2.61. The molecule has 7 heteroatoms. The monoisotopic (exact) mass is 392 g/mol. The summed E-state index contributed by atoms with van der Waals surface area (Å²) < 4.78 is 39.5. The Labute approximate surface area is 162 Å². The van der Waals surface area contributed by atoms with Crippen molar-refractivity contribution < 1.29 is 22.8 Å². The fourth-order valence-electron chi connectivity index (χ4n) is 3.81. The van der Waals surface area contributed by atoms with Crippen LogP contribution in [0.25, 0.3) is 0 Å². The topological polar surface area (TPSA) is 61.2 Å². The van der Waals surface area contributed by atoms with Gasteiger partial charge in [-0.3, -0.25) is 9.59 Å². The van der Waals surface area contributed by atoms with Crippen molar-refractivity contribution >= 4 is 11.7 Å². The van der Waals surface area contributed by atoms with E-state index in [1.807, 2.05) is 13.0 Å². The number of alkyl halides is 3. The van der Waals surface area contributed by atoms with Gasteiger partial charge >= 0.3 is 6.18 Å². The summed E-state index contributed by atoms with van der Waals surface area (Å²) in [6, 6.07) is 6.63. The van der Waals surface area contributed by atoms with Crippen LogP contribution in [0.5, 0.6) is 0 Å². The van der Waals surface area contributed by atoms with Crippen molar-refractivity contribution in [3.8, 4) is 6.07 Å². The minimum Gasteiger partial charge on any atom is -0.342 e. The Kier molecular flexibility index (Phi) is 5.74. The highest BCUT2D eigenvalue weighted by molar-refractivity contribution is 6.03. The van der Waals surface area contributed by atoms with E-state index in [4.69, 9.17) is 0 Å². The molecule has 0 saturated carbocycles. The molecule has 4 nitrogen and oxygen atoms in total. The minimum absolute atomic E-state index is 0.0927. The highest BCUT2D eigenvalue weighted by atomic mass is 19.4. The van der Waals surface area contributed by atoms with Crippen molar-refractivity contribution in [2.24, 2.45) is 10.8 Å². The van der Waals surface area contributed by atoms with Gasteiger partial charge in [-0.25, -0.2) is 0 Å². The Morgan fingerprint density at radius 1 is 1.25 bits per heavy atom. The molecule has 1 aromatic carbocycles. The maximum atomic E-state index is 13.2. The van der Waals surface area contributed by atoms with Crippen molar-refractivity contribution in [3.05, 3.63) is 47.0 Å². The molecule has 0 aromatic heterocycles. The van der Waals surface area contributed by atoms with E-state index >= 15 is 0 Å². The van der Waals surface area contributed by atoms with Gasteiger partial charge in [0, 0.05) is 19.0 Å². The first-order valence-corrected chi connectivity index (χ1v) is 8.90. The molecule has 1 aliphatic carbocycles. The second-order valence-corrected chi connectivity index (χ2v) is 8.23. The molecule has 1 amide bonds. The number of benzene rings is 1. The molecule has 1 aromatic rings. The molecule has 0 N–H and O–H groups in total. The van der Waals surface area contributed by atoms with Gasteiger partial charge < -0.3 is 4.90 Å². The second kappa shape index (κ2) is 7.42. The van der Waals surface area contributed by atoms with Crippen molar-refractivity contribution in [2.75, 3.05) is 13.6 Å². The fraction of sp³-hybridized carbons (Fsp3) is 0.476. The predicted molar refractivity (Wildman–Crippen MR) is 98.2 cm³/mol. The van der Waals surface area contributed by atoms with Gasteiger partial charge in [0.25, 0.3) is 5.91 Å². The van der Waals surface area contributed by atoms with Crippen molar-refractivity contribution in [2.45, 2.75) is 39.8 Å². The first kappa shape index (κ1) is 21.7. The van der Waals surface area contributed by atoms with E-state index in [1.165, 1.54) is 30.1 Å². The number of hydrogen-bond acceptors (Lipinski definition) is 3. The van der Waals surface area contributed by atoms with E-state index in [0.717, 1.165) is 6.07 Å². The number of ketones is 1. The Bertz CT molecular complexity index is 865. The lowest BCUT2D eigenvalue weighted by molar-refractivity contribution is -0.138. The van der Waals surface area contributed by atoms with Gasteiger partial charge in [-0.15, -0.1) is 0 Å². The molecule has 0 saturated heterocycles. The SMILES string of the molecule is CN(CC[C@]1(C)C=C(C#N)C(=O)C(C)(C)C1)C(=O)c1ccccc1C(F)(F)F. The number of amides is 1. The largest absolute Gasteiger partial charge is 0.417 e. The van der Waals surface area contributed by atoms with Crippen LogP contribution in [-0.4, -0.2) is 30.2 Å². The van der Waals surface area contributed by atoms with E-state index < -0.39 is 34.0 Å². The lowest BCUT2D eigenvalue weighted by Crippen LogP contribution is -2.39. The lowest BCUT2D eigenvalue weighted by Gasteiger charge is -2.39. The number of carbonyl (C=O) groups excluding carboxylic acids is 2. The zero-order valence-electron chi connectivity index (χ0n) is 16.4. The summed E-state index contributed by atoms with van der Waals surface area (Å²) in [5.41, 5.74) is -2.49. The summed E-state index contributed by atoms with van der Waals surface area (Å²) in [6.07, 6.45) is -2.07. The number of nitrogens with zero attached hydrogens (tertiary/aromatic N) is 2. The molecule has 0 unspecified atom stereocenters. The molecule has 0 bridgehead atoms. The van der Waals surface area contributed by atoms with Crippen LogP contribution < -0.4 is 0 Å². The summed E-state index contributed by atoms with van der Waals surface area (Å²) in [7, 11) is 1.45. The first-order valence-electron chi connectivity index (χ1n) is 8.90. The van der Waals surface area contributed by atoms with Gasteiger partial charge in [-0.1, -0.05) is 39.0 Å². The predicted octanol–water partition coefficient (Wildman–Crippen LogP) is 4.62. The molecule has 0 aliphatic heterocycles. The molecule has 28 heavy (non-hydrogen) atoms. The van der Waals surface area contributed by atoms with Gasteiger partial charge in [-0.05, 0) is 30.4 Å². The Morgan fingerprint density at radius 3 is 2.43 bits per heavy atom. The second-order valence-electron chi connectivity index (χ2n) is 8.23. The summed E-state index contributed by atoms with van der Waals surface area (Å²) in [6.45, 7) is 5.63. The molecule has 150 valence electrons. The van der Waals surface area contributed by atoms with Crippen molar-refractivity contribution in [3.63, 3.8) is 0 Å². The fourth-order valence-corrected chi connectivity index (χ4v) is 3.81. The highest BCUT2D eigenvalue weighted by Crippen LogP contribution is 2.44. The van der Waals surface area contributed by atoms with Crippen LogP contribution in [0.1, 0.15) is 49.5 Å². The molecular weight excluding hydrogens is 369 g/mol. The maximum absolute atomic E-state index is 13.2. The van der Waals surface area contributed by atoms with Gasteiger partial charge in [0.2, 0.25) is 0 Å². The van der Waals surface area contributed by atoms with Gasteiger partial charge in [0.15, 0.2) is 5.78 Å². The minimum atomic E-state index is -4.61. The molecule has 0 radical (unpaired) electrons. The smallest absolute Gasteiger partial charge is 0.342 e. The van der Waals surface area contributed by atoms with E-state index in [0.29, 0.717) is 12.8 Å². The lowest BCUT2D eigenvalue weighted by atomic mass is 9.64. The van der Waals surface area contributed by atoms with Crippen LogP contribution in [0, 0.1) is 22.2 Å². The van der Waals surface area contributed by atoms with E-state index in [9.17, 15) is 28.0 Å². The van der Waals surface area contributed by atoms with Crippen LogP contribution in [0.3, 0.4) is 0 Å². The number of rotatable bonds is 4. The summed E-state index contributed by atoms with van der Waals surface area (Å²) in [5, 5.41) is 9.24. The number of nitriles is 1. The normalized spacial score (nSPS) is 21.6. The van der Waals surface area contributed by atoms with Crippen LogP contribution in [-0.2, 0) is 11.0 Å². The van der Waals surface area contributed by atoms with Crippen LogP contribution in [0.2, 0.25) is 0 Å². The Morgan fingerprint density at radius 2 is 1.86 bits per heavy atom. The number of carbonyl (C=O) groups is 2. The summed E-state index contributed by atoms with van der Waals surface area (Å²) >= 11 is 0. The Hall–Kier alpha value is -2.62. The molecule has 2 rings (SSSR count). The maximum Gasteiger partial charge on any atom is 0.417 e. The van der Waals surface area contributed by atoms with Crippen LogP contribution in [0.4, 0.5) is 13.2 Å². The van der Waals surface area contributed by atoms with Crippen LogP contribution >= 0.6 is 0 Å². The average molecular weight is 392 g/mol. The van der Waals surface area contributed by atoms with E-state index in [2.05, 4.69) is 0 Å². The molecule has 0 spiro atoms. The summed E-state index contributed by atoms with van der Waals surface area (Å²) in [5.74, 6) is -0.928. The van der Waals surface area contributed by atoms with Crippen LogP contribution in [0.15, 0.2) is 35.9 Å². The third-order valence-electron chi connectivity index (χ3n) is 5.15. The Balaban J connectivity index is 2.20. The molecule has 0 heterocycles. The van der Waals surface area contributed by atoms with Gasteiger partial charge in [0.1, 0.15) is 6.07 Å². The zero-order chi connectivity index (χ0) is 21.3. The van der Waals surface area contributed by atoms with Crippen molar-refractivity contribution in [1.82, 2.24) is 4.90 Å². The molecule has 1 atom stereocenters.